The van der Waals surface area contributed by atoms with Crippen molar-refractivity contribution in [2.75, 3.05) is 12.3 Å². The molecule has 0 radical (unpaired) electrons. The monoisotopic (exact) mass is 398 g/mol. The van der Waals surface area contributed by atoms with Gasteiger partial charge in [0.25, 0.3) is 0 Å². The largest absolute Gasteiger partial charge is 0.392 e. The zero-order chi connectivity index (χ0) is 21.3. The molecular formula is C24H22N4O2. The van der Waals surface area contributed by atoms with Gasteiger partial charge in [0, 0.05) is 19.6 Å². The van der Waals surface area contributed by atoms with Crippen LogP contribution in [0.2, 0.25) is 0 Å². The minimum absolute atomic E-state index is 0.0339. The SMILES string of the molecule is Cc1ccc(-c2c3c(c(C#N)c(N)c2[N+](=O)[O-])CCN(Cc2ccccc2)C3)cc1. The summed E-state index contributed by atoms with van der Waals surface area (Å²) in [7, 11) is 0. The van der Waals surface area contributed by atoms with Gasteiger partial charge in [0.05, 0.1) is 16.1 Å². The van der Waals surface area contributed by atoms with E-state index < -0.39 is 4.92 Å². The smallest absolute Gasteiger partial charge is 0.301 e. The molecule has 6 heteroatoms. The molecular weight excluding hydrogens is 376 g/mol. The molecule has 2 N–H and O–H groups in total. The Morgan fingerprint density at radius 2 is 1.83 bits per heavy atom. The van der Waals surface area contributed by atoms with Gasteiger partial charge in [-0.15, -0.1) is 0 Å². The third-order valence-electron chi connectivity index (χ3n) is 5.67. The molecule has 1 heterocycles. The molecule has 150 valence electrons. The van der Waals surface area contributed by atoms with Crippen LogP contribution < -0.4 is 5.73 Å². The summed E-state index contributed by atoms with van der Waals surface area (Å²) in [5.41, 5.74) is 11.4. The van der Waals surface area contributed by atoms with Crippen LogP contribution in [-0.2, 0) is 19.5 Å². The second-order valence-electron chi connectivity index (χ2n) is 7.65. The fourth-order valence-electron chi connectivity index (χ4n) is 4.21. The number of hydrogen-bond donors (Lipinski definition) is 1. The molecule has 0 saturated heterocycles. The Morgan fingerprint density at radius 1 is 1.13 bits per heavy atom. The lowest BCUT2D eigenvalue weighted by atomic mass is 9.85. The molecule has 30 heavy (non-hydrogen) atoms. The summed E-state index contributed by atoms with van der Waals surface area (Å²) in [6.07, 6.45) is 0.631. The third kappa shape index (κ3) is 3.51. The second-order valence-corrected chi connectivity index (χ2v) is 7.65. The first-order valence-electron chi connectivity index (χ1n) is 9.84. The van der Waals surface area contributed by atoms with Gasteiger partial charge in [0.2, 0.25) is 0 Å². The van der Waals surface area contributed by atoms with Crippen molar-refractivity contribution in [2.24, 2.45) is 0 Å². The Kier molecular flexibility index (Phi) is 5.21. The lowest BCUT2D eigenvalue weighted by molar-refractivity contribution is -0.383. The maximum Gasteiger partial charge on any atom is 0.301 e. The van der Waals surface area contributed by atoms with Crippen LogP contribution in [0.4, 0.5) is 11.4 Å². The molecule has 0 amide bonds. The summed E-state index contributed by atoms with van der Waals surface area (Å²) in [4.78, 5) is 13.8. The molecule has 3 aromatic rings. The van der Waals surface area contributed by atoms with Crippen molar-refractivity contribution in [3.63, 3.8) is 0 Å². The molecule has 0 aliphatic carbocycles. The number of fused-ring (bicyclic) bond motifs is 1. The molecule has 0 unspecified atom stereocenters. The third-order valence-corrected chi connectivity index (χ3v) is 5.67. The van der Waals surface area contributed by atoms with Crippen LogP contribution in [0.15, 0.2) is 54.6 Å². The average molecular weight is 398 g/mol. The van der Waals surface area contributed by atoms with Crippen LogP contribution in [0.3, 0.4) is 0 Å². The summed E-state index contributed by atoms with van der Waals surface area (Å²) in [6, 6.07) is 19.9. The van der Waals surface area contributed by atoms with Crippen molar-refractivity contribution < 1.29 is 4.92 Å². The number of aryl methyl sites for hydroxylation is 1. The predicted octanol–water partition coefficient (Wildman–Crippen LogP) is 4.58. The highest BCUT2D eigenvalue weighted by Crippen LogP contribution is 2.44. The van der Waals surface area contributed by atoms with E-state index in [1.54, 1.807) is 0 Å². The topological polar surface area (TPSA) is 96.2 Å². The Labute approximate surface area is 175 Å². The number of rotatable bonds is 4. The highest BCUT2D eigenvalue weighted by atomic mass is 16.6. The molecule has 0 saturated carbocycles. The standard InChI is InChI=1S/C24H22N4O2/c1-16-7-9-18(10-8-16)22-21-15-27(14-17-5-3-2-4-6-17)12-11-19(21)20(13-25)23(26)24(22)28(29)30/h2-10H,11-12,14-15,26H2,1H3. The number of nitriles is 1. The minimum atomic E-state index is -0.457. The van der Waals surface area contributed by atoms with Crippen molar-refractivity contribution in [1.29, 1.82) is 5.26 Å². The van der Waals surface area contributed by atoms with Crippen LogP contribution in [0.1, 0.15) is 27.8 Å². The van der Waals surface area contributed by atoms with Gasteiger partial charge in [-0.05, 0) is 35.6 Å². The van der Waals surface area contributed by atoms with Crippen LogP contribution in [0.5, 0.6) is 0 Å². The molecule has 0 bridgehead atoms. The predicted molar refractivity (Wildman–Crippen MR) is 117 cm³/mol. The van der Waals surface area contributed by atoms with Gasteiger partial charge in [-0.3, -0.25) is 15.0 Å². The van der Waals surface area contributed by atoms with Crippen LogP contribution in [0.25, 0.3) is 11.1 Å². The van der Waals surface area contributed by atoms with Gasteiger partial charge in [-0.2, -0.15) is 5.26 Å². The van der Waals surface area contributed by atoms with E-state index in [9.17, 15) is 15.4 Å². The average Bonchev–Trinajstić information content (AvgIpc) is 2.74. The summed E-state index contributed by atoms with van der Waals surface area (Å²) in [5, 5.41) is 21.7. The van der Waals surface area contributed by atoms with E-state index in [0.29, 0.717) is 18.5 Å². The fraction of sp³-hybridized carbons (Fsp3) is 0.208. The quantitative estimate of drug-likeness (QED) is 0.394. The van der Waals surface area contributed by atoms with Crippen molar-refractivity contribution in [1.82, 2.24) is 4.90 Å². The van der Waals surface area contributed by atoms with E-state index in [1.165, 1.54) is 5.56 Å². The molecule has 6 nitrogen and oxygen atoms in total. The minimum Gasteiger partial charge on any atom is -0.392 e. The second kappa shape index (κ2) is 7.97. The maximum absolute atomic E-state index is 12.0. The lowest BCUT2D eigenvalue weighted by Crippen LogP contribution is -2.31. The van der Waals surface area contributed by atoms with Crippen LogP contribution >= 0.6 is 0 Å². The number of nitro groups is 1. The van der Waals surface area contributed by atoms with Gasteiger partial charge < -0.3 is 5.73 Å². The van der Waals surface area contributed by atoms with Gasteiger partial charge >= 0.3 is 5.69 Å². The molecule has 1 aliphatic heterocycles. The lowest BCUT2D eigenvalue weighted by Gasteiger charge is -2.31. The van der Waals surface area contributed by atoms with E-state index in [0.717, 1.165) is 35.3 Å². The zero-order valence-electron chi connectivity index (χ0n) is 16.8. The van der Waals surface area contributed by atoms with Crippen LogP contribution in [0, 0.1) is 28.4 Å². The van der Waals surface area contributed by atoms with E-state index >= 15 is 0 Å². The normalized spacial score (nSPS) is 13.5. The van der Waals surface area contributed by atoms with Crippen molar-refractivity contribution in [3.8, 4) is 17.2 Å². The maximum atomic E-state index is 12.0. The molecule has 3 aromatic carbocycles. The van der Waals surface area contributed by atoms with Crippen molar-refractivity contribution in [3.05, 3.63) is 92.5 Å². The first kappa shape index (κ1) is 19.6. The highest BCUT2D eigenvalue weighted by Gasteiger charge is 2.33. The molecule has 0 aromatic heterocycles. The molecule has 0 fully saturated rings. The van der Waals surface area contributed by atoms with Gasteiger partial charge in [-0.1, -0.05) is 60.2 Å². The van der Waals surface area contributed by atoms with E-state index in [-0.39, 0.29) is 16.9 Å². The Balaban J connectivity index is 1.89. The van der Waals surface area contributed by atoms with Crippen molar-refractivity contribution >= 4 is 11.4 Å². The summed E-state index contributed by atoms with van der Waals surface area (Å²) in [5.74, 6) is 0. The van der Waals surface area contributed by atoms with Gasteiger partial charge in [-0.25, -0.2) is 0 Å². The number of nitrogens with zero attached hydrogens (tertiary/aromatic N) is 3. The van der Waals surface area contributed by atoms with Crippen LogP contribution in [-0.4, -0.2) is 16.4 Å². The number of benzene rings is 3. The summed E-state index contributed by atoms with van der Waals surface area (Å²) < 4.78 is 0. The Bertz CT molecular complexity index is 1150. The first-order chi connectivity index (χ1) is 14.5. The van der Waals surface area contributed by atoms with E-state index in [1.807, 2.05) is 49.4 Å². The summed E-state index contributed by atoms with van der Waals surface area (Å²) in [6.45, 7) is 4.01. The number of nitrogens with two attached hydrogens (primary N) is 1. The molecule has 0 atom stereocenters. The Hall–Kier alpha value is -3.69. The van der Waals surface area contributed by atoms with Gasteiger partial charge in [0.15, 0.2) is 0 Å². The van der Waals surface area contributed by atoms with Gasteiger partial charge in [0.1, 0.15) is 11.8 Å². The number of hydrogen-bond acceptors (Lipinski definition) is 5. The highest BCUT2D eigenvalue weighted by molar-refractivity contribution is 5.89. The fourth-order valence-corrected chi connectivity index (χ4v) is 4.21. The molecule has 0 spiro atoms. The number of nitrogen functional groups attached to an aromatic ring is 1. The zero-order valence-corrected chi connectivity index (χ0v) is 16.8. The summed E-state index contributed by atoms with van der Waals surface area (Å²) >= 11 is 0. The van der Waals surface area contributed by atoms with Crippen molar-refractivity contribution in [2.45, 2.75) is 26.4 Å². The Morgan fingerprint density at radius 3 is 2.47 bits per heavy atom. The molecule has 4 rings (SSSR count). The number of anilines is 1. The number of nitro benzene ring substituents is 1. The molecule has 1 aliphatic rings. The first-order valence-corrected chi connectivity index (χ1v) is 9.84. The van der Waals surface area contributed by atoms with E-state index in [2.05, 4.69) is 23.1 Å². The van der Waals surface area contributed by atoms with E-state index in [4.69, 9.17) is 5.73 Å².